The van der Waals surface area contributed by atoms with E-state index in [2.05, 4.69) is 25.5 Å². The van der Waals surface area contributed by atoms with Gasteiger partial charge in [0.05, 0.1) is 6.20 Å². The molecule has 2 N–H and O–H groups in total. The molecule has 7 nitrogen and oxygen atoms in total. The van der Waals surface area contributed by atoms with E-state index in [-0.39, 0.29) is 12.0 Å². The number of carbonyl (C=O) groups is 1. The second-order valence-electron chi connectivity index (χ2n) is 4.28. The van der Waals surface area contributed by atoms with Crippen LogP contribution in [0.3, 0.4) is 0 Å². The number of amides is 1. The number of aryl methyl sites for hydroxylation is 1. The van der Waals surface area contributed by atoms with E-state index in [1.54, 1.807) is 6.92 Å². The van der Waals surface area contributed by atoms with Crippen LogP contribution in [0.2, 0.25) is 0 Å². The number of imidazole rings is 1. The van der Waals surface area contributed by atoms with E-state index in [9.17, 15) is 4.79 Å². The Labute approximate surface area is 113 Å². The van der Waals surface area contributed by atoms with E-state index in [1.165, 1.54) is 17.5 Å². The first kappa shape index (κ1) is 12.2. The maximum absolute atomic E-state index is 11.9. The molecule has 2 aromatic rings. The number of H-pyrrole nitrogens is 1. The first-order valence-electron chi connectivity index (χ1n) is 6.00. The molecule has 19 heavy (non-hydrogen) atoms. The summed E-state index contributed by atoms with van der Waals surface area (Å²) in [7, 11) is 0. The maximum atomic E-state index is 11.9. The Morgan fingerprint density at radius 2 is 2.47 bits per heavy atom. The van der Waals surface area contributed by atoms with Gasteiger partial charge in [0.1, 0.15) is 22.6 Å². The first-order chi connectivity index (χ1) is 9.22. The topological polar surface area (TPSA) is 92.8 Å². The zero-order valence-corrected chi connectivity index (χ0v) is 11.2. The third-order valence-corrected chi connectivity index (χ3v) is 3.74. The number of rotatable bonds is 3. The van der Waals surface area contributed by atoms with E-state index in [1.807, 2.05) is 0 Å². The third kappa shape index (κ3) is 2.64. The number of hydrogen-bond acceptors (Lipinski definition) is 6. The van der Waals surface area contributed by atoms with Crippen molar-refractivity contribution in [1.29, 1.82) is 0 Å². The van der Waals surface area contributed by atoms with Gasteiger partial charge in [-0.05, 0) is 19.8 Å². The molecule has 3 heterocycles. The molecule has 1 atom stereocenters. The Balaban J connectivity index is 1.68. The molecule has 2 aromatic heterocycles. The van der Waals surface area contributed by atoms with E-state index >= 15 is 0 Å². The van der Waals surface area contributed by atoms with Gasteiger partial charge in [0.25, 0.3) is 5.91 Å². The van der Waals surface area contributed by atoms with E-state index < -0.39 is 0 Å². The highest BCUT2D eigenvalue weighted by Gasteiger charge is 2.22. The predicted molar refractivity (Wildman–Crippen MR) is 69.1 cm³/mol. The minimum atomic E-state index is -0.268. The summed E-state index contributed by atoms with van der Waals surface area (Å²) in [5.74, 6) is 0.429. The van der Waals surface area contributed by atoms with Crippen molar-refractivity contribution in [3.8, 4) is 0 Å². The summed E-state index contributed by atoms with van der Waals surface area (Å²) >= 11 is 1.35. The average Bonchev–Trinajstić information content (AvgIpc) is 3.07. The molecule has 0 radical (unpaired) electrons. The lowest BCUT2D eigenvalue weighted by atomic mass is 10.2. The van der Waals surface area contributed by atoms with Crippen LogP contribution >= 0.6 is 11.3 Å². The molecule has 100 valence electrons. The summed E-state index contributed by atoms with van der Waals surface area (Å²) in [5.41, 5.74) is 0.409. The predicted octanol–water partition coefficient (Wildman–Crippen LogP) is 1.67. The van der Waals surface area contributed by atoms with Gasteiger partial charge in [-0.3, -0.25) is 10.1 Å². The molecule has 0 spiro atoms. The Bertz CT molecular complexity index is 587. The quantitative estimate of drug-likeness (QED) is 0.891. The average molecular weight is 279 g/mol. The van der Waals surface area contributed by atoms with Gasteiger partial charge in [0.15, 0.2) is 0 Å². The molecule has 1 saturated heterocycles. The first-order valence-corrected chi connectivity index (χ1v) is 6.82. The zero-order chi connectivity index (χ0) is 13.2. The van der Waals surface area contributed by atoms with Crippen molar-refractivity contribution in [2.75, 3.05) is 11.9 Å². The molecular formula is C11H13N5O2S. The van der Waals surface area contributed by atoms with Crippen LogP contribution in [0.25, 0.3) is 0 Å². The van der Waals surface area contributed by atoms with Crippen LogP contribution in [0.4, 0.5) is 5.13 Å². The summed E-state index contributed by atoms with van der Waals surface area (Å²) in [6.45, 7) is 2.55. The van der Waals surface area contributed by atoms with Crippen LogP contribution in [-0.2, 0) is 4.74 Å². The fourth-order valence-electron chi connectivity index (χ4n) is 1.89. The van der Waals surface area contributed by atoms with Crippen molar-refractivity contribution in [1.82, 2.24) is 20.2 Å². The number of carbonyl (C=O) groups excluding carboxylic acids is 1. The normalized spacial score (nSPS) is 18.7. The molecular weight excluding hydrogens is 266 g/mol. The monoisotopic (exact) mass is 279 g/mol. The van der Waals surface area contributed by atoms with Crippen molar-refractivity contribution in [3.63, 3.8) is 0 Å². The Hall–Kier alpha value is -1.80. The van der Waals surface area contributed by atoms with Crippen molar-refractivity contribution >= 4 is 22.4 Å². The number of nitrogens with one attached hydrogen (secondary N) is 2. The van der Waals surface area contributed by atoms with Crippen molar-refractivity contribution in [3.05, 3.63) is 22.7 Å². The molecule has 0 saturated carbocycles. The summed E-state index contributed by atoms with van der Waals surface area (Å²) in [5, 5.41) is 12.0. The molecule has 1 fully saturated rings. The van der Waals surface area contributed by atoms with Crippen molar-refractivity contribution in [2.24, 2.45) is 0 Å². The van der Waals surface area contributed by atoms with Crippen molar-refractivity contribution in [2.45, 2.75) is 25.9 Å². The number of anilines is 1. The largest absolute Gasteiger partial charge is 0.371 e. The summed E-state index contributed by atoms with van der Waals surface area (Å²) in [4.78, 5) is 18.7. The van der Waals surface area contributed by atoms with Crippen LogP contribution in [0, 0.1) is 6.92 Å². The number of nitrogens with zero attached hydrogens (tertiary/aromatic N) is 3. The van der Waals surface area contributed by atoms with Crippen LogP contribution in [-0.4, -0.2) is 32.7 Å². The van der Waals surface area contributed by atoms with Gasteiger partial charge in [-0.15, -0.1) is 10.2 Å². The maximum Gasteiger partial charge on any atom is 0.275 e. The Kier molecular flexibility index (Phi) is 3.26. The molecule has 3 rings (SSSR count). The van der Waals surface area contributed by atoms with Crippen LogP contribution in [0.15, 0.2) is 6.20 Å². The lowest BCUT2D eigenvalue weighted by molar-refractivity contribution is 0.102. The summed E-state index contributed by atoms with van der Waals surface area (Å²) < 4.78 is 5.52. The van der Waals surface area contributed by atoms with E-state index in [0.717, 1.165) is 24.5 Å². The van der Waals surface area contributed by atoms with Gasteiger partial charge in [0, 0.05) is 6.61 Å². The van der Waals surface area contributed by atoms with E-state index in [4.69, 9.17) is 4.74 Å². The highest BCUT2D eigenvalue weighted by Crippen LogP contribution is 2.31. The number of aromatic amines is 1. The smallest absolute Gasteiger partial charge is 0.275 e. The molecule has 1 aliphatic rings. The van der Waals surface area contributed by atoms with E-state index in [0.29, 0.717) is 16.6 Å². The fourth-order valence-corrected chi connectivity index (χ4v) is 2.71. The molecule has 8 heteroatoms. The molecule has 1 amide bonds. The third-order valence-electron chi connectivity index (χ3n) is 2.81. The fraction of sp³-hybridized carbons (Fsp3) is 0.455. The van der Waals surface area contributed by atoms with Gasteiger partial charge >= 0.3 is 0 Å². The van der Waals surface area contributed by atoms with Crippen LogP contribution < -0.4 is 5.32 Å². The second kappa shape index (κ2) is 5.06. The van der Waals surface area contributed by atoms with Crippen LogP contribution in [0.5, 0.6) is 0 Å². The molecule has 0 aromatic carbocycles. The lowest BCUT2D eigenvalue weighted by Gasteiger charge is -2.02. The lowest BCUT2D eigenvalue weighted by Crippen LogP contribution is -2.12. The molecule has 1 unspecified atom stereocenters. The summed E-state index contributed by atoms with van der Waals surface area (Å²) in [6, 6.07) is 0. The standard InChI is InChI=1S/C11H13N5O2S/c1-6-12-5-7(13-6)9(17)14-11-16-15-10(19-11)8-3-2-4-18-8/h5,8H,2-4H2,1H3,(H,12,13)(H,14,16,17). The second-order valence-corrected chi connectivity index (χ2v) is 5.29. The van der Waals surface area contributed by atoms with Gasteiger partial charge in [-0.1, -0.05) is 11.3 Å². The Morgan fingerprint density at radius 3 is 3.16 bits per heavy atom. The molecule has 1 aliphatic heterocycles. The van der Waals surface area contributed by atoms with Crippen molar-refractivity contribution < 1.29 is 9.53 Å². The van der Waals surface area contributed by atoms with Gasteiger partial charge in [0.2, 0.25) is 5.13 Å². The molecule has 0 aliphatic carbocycles. The van der Waals surface area contributed by atoms with Gasteiger partial charge in [-0.2, -0.15) is 0 Å². The number of aromatic nitrogens is 4. The number of ether oxygens (including phenoxy) is 1. The van der Waals surface area contributed by atoms with Crippen LogP contribution in [0.1, 0.15) is 40.3 Å². The summed E-state index contributed by atoms with van der Waals surface area (Å²) in [6.07, 6.45) is 3.52. The number of hydrogen-bond donors (Lipinski definition) is 2. The zero-order valence-electron chi connectivity index (χ0n) is 10.3. The highest BCUT2D eigenvalue weighted by molar-refractivity contribution is 7.15. The van der Waals surface area contributed by atoms with Gasteiger partial charge < -0.3 is 9.72 Å². The van der Waals surface area contributed by atoms with Gasteiger partial charge in [-0.25, -0.2) is 4.98 Å². The Morgan fingerprint density at radius 1 is 1.58 bits per heavy atom. The highest BCUT2D eigenvalue weighted by atomic mass is 32.1. The minimum Gasteiger partial charge on any atom is -0.371 e. The molecule has 0 bridgehead atoms. The SMILES string of the molecule is Cc1ncc(C(=O)Nc2nnc(C3CCCO3)s2)[nH]1. The minimum absolute atomic E-state index is 0.0255.